The summed E-state index contributed by atoms with van der Waals surface area (Å²) in [4.78, 5) is 13.8. The van der Waals surface area contributed by atoms with Crippen molar-refractivity contribution in [2.75, 3.05) is 19.0 Å². The number of aliphatic hydroxyl groups excluding tert-OH is 1. The molecule has 16 heavy (non-hydrogen) atoms. The maximum absolute atomic E-state index is 12.0. The van der Waals surface area contributed by atoms with Crippen LogP contribution in [0.15, 0.2) is 0 Å². The molecule has 0 aromatic rings. The van der Waals surface area contributed by atoms with Crippen LogP contribution in [0.25, 0.3) is 0 Å². The van der Waals surface area contributed by atoms with Crippen LogP contribution in [0.1, 0.15) is 44.9 Å². The highest BCUT2D eigenvalue weighted by molar-refractivity contribution is 6.17. The van der Waals surface area contributed by atoms with Crippen LogP contribution in [-0.2, 0) is 4.79 Å². The van der Waals surface area contributed by atoms with Gasteiger partial charge in [0.25, 0.3) is 0 Å². The van der Waals surface area contributed by atoms with E-state index in [0.717, 1.165) is 25.7 Å². The quantitative estimate of drug-likeness (QED) is 0.553. The van der Waals surface area contributed by atoms with E-state index in [0.29, 0.717) is 24.9 Å². The van der Waals surface area contributed by atoms with Crippen molar-refractivity contribution < 1.29 is 9.90 Å². The van der Waals surface area contributed by atoms with Gasteiger partial charge in [-0.25, -0.2) is 0 Å². The van der Waals surface area contributed by atoms with Gasteiger partial charge in [-0.15, -0.1) is 11.6 Å². The van der Waals surface area contributed by atoms with Gasteiger partial charge in [-0.05, 0) is 25.7 Å². The Kier molecular flexibility index (Phi) is 6.81. The zero-order valence-corrected chi connectivity index (χ0v) is 10.6. The van der Waals surface area contributed by atoms with E-state index >= 15 is 0 Å². The number of alkyl halides is 1. The molecule has 4 heteroatoms. The Hall–Kier alpha value is -0.280. The minimum atomic E-state index is 0.0672. The van der Waals surface area contributed by atoms with Crippen LogP contribution in [0, 0.1) is 0 Å². The van der Waals surface area contributed by atoms with Gasteiger partial charge in [-0.2, -0.15) is 0 Å². The number of amides is 1. The van der Waals surface area contributed by atoms with Crippen LogP contribution in [0.5, 0.6) is 0 Å². The number of nitrogens with zero attached hydrogens (tertiary/aromatic N) is 1. The maximum atomic E-state index is 12.0. The molecule has 1 rings (SSSR count). The summed E-state index contributed by atoms with van der Waals surface area (Å²) in [5.74, 6) is 0.808. The first-order valence-electron chi connectivity index (χ1n) is 6.26. The number of rotatable bonds is 7. The normalized spacial score (nSPS) is 16.6. The zero-order valence-electron chi connectivity index (χ0n) is 9.83. The van der Waals surface area contributed by atoms with Crippen molar-refractivity contribution in [1.82, 2.24) is 4.90 Å². The van der Waals surface area contributed by atoms with Crippen molar-refractivity contribution in [1.29, 1.82) is 0 Å². The minimum Gasteiger partial charge on any atom is -0.395 e. The van der Waals surface area contributed by atoms with Gasteiger partial charge in [-0.3, -0.25) is 4.79 Å². The second-order valence-electron chi connectivity index (χ2n) is 4.40. The summed E-state index contributed by atoms with van der Waals surface area (Å²) in [7, 11) is 0. The Morgan fingerprint density at radius 2 is 2.00 bits per heavy atom. The van der Waals surface area contributed by atoms with E-state index in [2.05, 4.69) is 0 Å². The number of unbranched alkanes of at least 4 members (excludes halogenated alkanes) is 1. The molecule has 1 aliphatic carbocycles. The van der Waals surface area contributed by atoms with Crippen LogP contribution in [-0.4, -0.2) is 41.0 Å². The number of halogens is 1. The molecule has 1 saturated carbocycles. The molecule has 1 fully saturated rings. The predicted octanol–water partition coefficient (Wildman–Crippen LogP) is 2.16. The van der Waals surface area contributed by atoms with E-state index in [9.17, 15) is 4.79 Å². The second kappa shape index (κ2) is 7.91. The SMILES string of the molecule is O=C(CCCCCl)N(CCO)C1CCCC1. The third kappa shape index (κ3) is 4.30. The van der Waals surface area contributed by atoms with Crippen LogP contribution < -0.4 is 0 Å². The van der Waals surface area contributed by atoms with Gasteiger partial charge in [0.1, 0.15) is 0 Å². The Bertz CT molecular complexity index is 205. The van der Waals surface area contributed by atoms with Crippen LogP contribution in [0.3, 0.4) is 0 Å². The van der Waals surface area contributed by atoms with Crippen molar-refractivity contribution in [2.24, 2.45) is 0 Å². The fourth-order valence-electron chi connectivity index (χ4n) is 2.35. The van der Waals surface area contributed by atoms with Gasteiger partial charge in [0.05, 0.1) is 6.61 Å². The molecule has 1 N–H and O–H groups in total. The molecule has 0 radical (unpaired) electrons. The van der Waals surface area contributed by atoms with Crippen molar-refractivity contribution >= 4 is 17.5 Å². The van der Waals surface area contributed by atoms with Gasteiger partial charge in [0.15, 0.2) is 0 Å². The van der Waals surface area contributed by atoms with Gasteiger partial charge < -0.3 is 10.0 Å². The molecule has 1 amide bonds. The predicted molar refractivity (Wildman–Crippen MR) is 65.6 cm³/mol. The molecule has 0 bridgehead atoms. The summed E-state index contributed by atoms with van der Waals surface area (Å²) < 4.78 is 0. The number of hydrogen-bond donors (Lipinski definition) is 1. The van der Waals surface area contributed by atoms with Crippen LogP contribution in [0.4, 0.5) is 0 Å². The average Bonchev–Trinajstić information content (AvgIpc) is 2.79. The molecule has 0 aromatic heterocycles. The fraction of sp³-hybridized carbons (Fsp3) is 0.917. The van der Waals surface area contributed by atoms with Gasteiger partial charge in [0.2, 0.25) is 5.91 Å². The Morgan fingerprint density at radius 1 is 1.31 bits per heavy atom. The third-order valence-electron chi connectivity index (χ3n) is 3.20. The molecule has 3 nitrogen and oxygen atoms in total. The lowest BCUT2D eigenvalue weighted by Crippen LogP contribution is -2.40. The first kappa shape index (κ1) is 13.8. The third-order valence-corrected chi connectivity index (χ3v) is 3.47. The molecule has 0 heterocycles. The molecular weight excluding hydrogens is 226 g/mol. The summed E-state index contributed by atoms with van der Waals surface area (Å²) >= 11 is 5.59. The lowest BCUT2D eigenvalue weighted by Gasteiger charge is -2.28. The Balaban J connectivity index is 2.38. The lowest BCUT2D eigenvalue weighted by atomic mass is 10.1. The molecule has 0 unspecified atom stereocenters. The second-order valence-corrected chi connectivity index (χ2v) is 4.77. The van der Waals surface area contributed by atoms with E-state index in [1.165, 1.54) is 12.8 Å². The molecular formula is C12H22ClNO2. The van der Waals surface area contributed by atoms with Gasteiger partial charge >= 0.3 is 0 Å². The van der Waals surface area contributed by atoms with Crippen LogP contribution >= 0.6 is 11.6 Å². The number of hydrogen-bond acceptors (Lipinski definition) is 2. The van der Waals surface area contributed by atoms with Gasteiger partial charge in [0, 0.05) is 24.9 Å². The number of carbonyl (C=O) groups excluding carboxylic acids is 1. The molecule has 94 valence electrons. The Labute approximate surface area is 103 Å². The van der Waals surface area contributed by atoms with E-state index in [1.807, 2.05) is 4.90 Å². The van der Waals surface area contributed by atoms with Crippen molar-refractivity contribution in [3.05, 3.63) is 0 Å². The monoisotopic (exact) mass is 247 g/mol. The number of aliphatic hydroxyl groups is 1. The van der Waals surface area contributed by atoms with Crippen LogP contribution in [0.2, 0.25) is 0 Å². The first-order valence-corrected chi connectivity index (χ1v) is 6.79. The Morgan fingerprint density at radius 3 is 2.56 bits per heavy atom. The maximum Gasteiger partial charge on any atom is 0.222 e. The summed E-state index contributed by atoms with van der Waals surface area (Å²) in [5, 5.41) is 9.00. The van der Waals surface area contributed by atoms with E-state index < -0.39 is 0 Å². The highest BCUT2D eigenvalue weighted by atomic mass is 35.5. The van der Waals surface area contributed by atoms with Crippen molar-refractivity contribution in [3.63, 3.8) is 0 Å². The molecule has 0 saturated heterocycles. The fourth-order valence-corrected chi connectivity index (χ4v) is 2.54. The topological polar surface area (TPSA) is 40.5 Å². The van der Waals surface area contributed by atoms with Crippen molar-refractivity contribution in [3.8, 4) is 0 Å². The molecule has 0 atom stereocenters. The minimum absolute atomic E-state index is 0.0672. The first-order chi connectivity index (χ1) is 7.79. The molecule has 0 spiro atoms. The smallest absolute Gasteiger partial charge is 0.222 e. The summed E-state index contributed by atoms with van der Waals surface area (Å²) in [5.41, 5.74) is 0. The number of carbonyl (C=O) groups is 1. The zero-order chi connectivity index (χ0) is 11.8. The summed E-state index contributed by atoms with van der Waals surface area (Å²) in [6, 6.07) is 0.371. The molecule has 0 aliphatic heterocycles. The summed E-state index contributed by atoms with van der Waals surface area (Å²) in [6.07, 6.45) is 6.94. The standard InChI is InChI=1S/C12H22ClNO2/c13-8-4-3-7-12(16)14(9-10-15)11-5-1-2-6-11/h11,15H,1-10H2. The highest BCUT2D eigenvalue weighted by Gasteiger charge is 2.25. The largest absolute Gasteiger partial charge is 0.395 e. The van der Waals surface area contributed by atoms with E-state index in [4.69, 9.17) is 16.7 Å². The average molecular weight is 248 g/mol. The molecule has 0 aromatic carbocycles. The molecule has 1 aliphatic rings. The van der Waals surface area contributed by atoms with Gasteiger partial charge in [-0.1, -0.05) is 12.8 Å². The summed E-state index contributed by atoms with van der Waals surface area (Å²) in [6.45, 7) is 0.558. The van der Waals surface area contributed by atoms with Crippen molar-refractivity contribution in [2.45, 2.75) is 51.0 Å². The van der Waals surface area contributed by atoms with E-state index in [-0.39, 0.29) is 12.5 Å². The highest BCUT2D eigenvalue weighted by Crippen LogP contribution is 2.24. The van der Waals surface area contributed by atoms with E-state index in [1.54, 1.807) is 0 Å². The lowest BCUT2D eigenvalue weighted by molar-refractivity contribution is -0.134.